The van der Waals surface area contributed by atoms with Crippen molar-refractivity contribution in [2.24, 2.45) is 0 Å². The number of hydrogen-bond acceptors (Lipinski definition) is 20. The zero-order valence-corrected chi connectivity index (χ0v) is 34.8. The predicted octanol–water partition coefficient (Wildman–Crippen LogP) is -1.87. The minimum atomic E-state index is -1.77. The highest BCUT2D eigenvalue weighted by molar-refractivity contribution is 5.89. The lowest BCUT2D eigenvalue weighted by molar-refractivity contribution is -0.154. The quantitative estimate of drug-likeness (QED) is 0.0348. The average Bonchev–Trinajstić information content (AvgIpc) is 3.25. The van der Waals surface area contributed by atoms with Crippen molar-refractivity contribution >= 4 is 41.6 Å². The summed E-state index contributed by atoms with van der Waals surface area (Å²) in [7, 11) is 0. The van der Waals surface area contributed by atoms with Gasteiger partial charge in [-0.2, -0.15) is 0 Å². The Morgan fingerprint density at radius 3 is 1.37 bits per heavy atom. The molecule has 0 fully saturated rings. The van der Waals surface area contributed by atoms with Gasteiger partial charge in [0.2, 0.25) is 0 Å². The minimum Gasteiger partial charge on any atom is -0.463 e. The molecule has 2 aromatic rings. The molecule has 23 heteroatoms. The molecule has 0 aliphatic carbocycles. The molecule has 1 aromatic carbocycles. The smallest absolute Gasteiger partial charge is 0.338 e. The molecule has 2 rings (SSSR count). The van der Waals surface area contributed by atoms with E-state index in [-0.39, 0.29) is 49.6 Å². The van der Waals surface area contributed by atoms with Crippen molar-refractivity contribution in [1.82, 2.24) is 13.7 Å². The molecule has 346 valence electrons. The fourth-order valence-electron chi connectivity index (χ4n) is 4.80. The van der Waals surface area contributed by atoms with E-state index < -0.39 is 142 Å². The van der Waals surface area contributed by atoms with Gasteiger partial charge in [-0.15, -0.1) is 0 Å². The highest BCUT2D eigenvalue weighted by atomic mass is 16.6. The Kier molecular flexibility index (Phi) is 22.9. The number of benzene rings is 1. The van der Waals surface area contributed by atoms with E-state index in [2.05, 4.69) is 13.2 Å². The Morgan fingerprint density at radius 2 is 0.921 bits per heavy atom. The zero-order valence-electron chi connectivity index (χ0n) is 34.8. The van der Waals surface area contributed by atoms with Crippen molar-refractivity contribution < 1.29 is 82.0 Å². The molecule has 3 atom stereocenters. The summed E-state index contributed by atoms with van der Waals surface area (Å²) in [5.74, 6) is -5.43. The van der Waals surface area contributed by atoms with E-state index in [1.807, 2.05) is 0 Å². The van der Waals surface area contributed by atoms with Crippen LogP contribution in [-0.2, 0) is 81.6 Å². The number of aliphatic hydroxyl groups is 3. The SMILES string of the molecule is C=C(C)C(=O)OCCOCC(=O)CCC(=O)OCC(O)Cn1c(=O)n(CC(O)COC(=O)CCC(=O)OCCOC(=O)C(=C)C)c(=O)n(CC(O)COC(=O)c2ccccc2)c1=O. The number of aromatic nitrogens is 3. The molecule has 63 heavy (non-hydrogen) atoms. The van der Waals surface area contributed by atoms with Gasteiger partial charge in [-0.25, -0.2) is 42.5 Å². The van der Waals surface area contributed by atoms with E-state index in [9.17, 15) is 63.3 Å². The van der Waals surface area contributed by atoms with Gasteiger partial charge in [0.15, 0.2) is 5.78 Å². The van der Waals surface area contributed by atoms with Crippen LogP contribution >= 0.6 is 0 Å². The first kappa shape index (κ1) is 52.6. The molecular weight excluding hydrogens is 842 g/mol. The Morgan fingerprint density at radius 1 is 0.540 bits per heavy atom. The van der Waals surface area contributed by atoms with Gasteiger partial charge in [0.1, 0.15) is 64.6 Å². The van der Waals surface area contributed by atoms with Crippen LogP contribution in [0, 0.1) is 0 Å². The Hall–Kier alpha value is -6.56. The fourth-order valence-corrected chi connectivity index (χ4v) is 4.80. The summed E-state index contributed by atoms with van der Waals surface area (Å²) in [5.41, 5.74) is -3.64. The Balaban J connectivity index is 2.09. The first-order valence-electron chi connectivity index (χ1n) is 19.2. The number of ether oxygens (including phenoxy) is 7. The Labute approximate surface area is 359 Å². The number of rotatable bonds is 29. The fraction of sp³-hybridized carbons (Fsp3) is 0.500. The lowest BCUT2D eigenvalue weighted by atomic mass is 10.2. The van der Waals surface area contributed by atoms with E-state index in [0.29, 0.717) is 13.7 Å². The van der Waals surface area contributed by atoms with Crippen molar-refractivity contribution in [3.8, 4) is 0 Å². The van der Waals surface area contributed by atoms with Crippen LogP contribution in [0.5, 0.6) is 0 Å². The number of esters is 6. The lowest BCUT2D eigenvalue weighted by Crippen LogP contribution is -2.57. The molecule has 23 nitrogen and oxygen atoms in total. The summed E-state index contributed by atoms with van der Waals surface area (Å²) in [6.07, 6.45) is -6.97. The molecule has 0 radical (unpaired) electrons. The van der Waals surface area contributed by atoms with Gasteiger partial charge in [0.25, 0.3) is 0 Å². The monoisotopic (exact) mass is 893 g/mol. The number of ketones is 1. The van der Waals surface area contributed by atoms with Gasteiger partial charge >= 0.3 is 52.9 Å². The second-order valence-electron chi connectivity index (χ2n) is 13.6. The van der Waals surface area contributed by atoms with Crippen molar-refractivity contribution in [3.63, 3.8) is 0 Å². The number of Topliss-reactive ketones (excluding diaryl/α,β-unsaturated/α-hetero) is 1. The third kappa shape index (κ3) is 19.8. The van der Waals surface area contributed by atoms with Crippen molar-refractivity contribution in [2.75, 3.05) is 52.9 Å². The van der Waals surface area contributed by atoms with Gasteiger partial charge < -0.3 is 48.5 Å². The van der Waals surface area contributed by atoms with Crippen molar-refractivity contribution in [2.45, 2.75) is 77.5 Å². The first-order chi connectivity index (χ1) is 29.8. The highest BCUT2D eigenvalue weighted by Crippen LogP contribution is 2.04. The highest BCUT2D eigenvalue weighted by Gasteiger charge is 2.24. The molecule has 0 saturated carbocycles. The van der Waals surface area contributed by atoms with E-state index in [1.54, 1.807) is 18.2 Å². The van der Waals surface area contributed by atoms with Gasteiger partial charge in [0.05, 0.1) is 51.1 Å². The third-order valence-electron chi connectivity index (χ3n) is 8.00. The standard InChI is InChI=1S/C40H51N3O20/c1-25(2)35(51)59-15-14-57-21-28(44)10-11-33(49)61-22-29(45)18-41-38(54)42(19-30(46)23-62-34(50)13-12-32(48)58-16-17-60-36(52)26(3)4)40(56)43(39(41)55)20-31(47)24-63-37(53)27-8-6-5-7-9-27/h5-9,29-31,45-47H,1,3,10-24H2,2,4H3. The van der Waals surface area contributed by atoms with Gasteiger partial charge in [-0.1, -0.05) is 31.4 Å². The Bertz CT molecular complexity index is 2120. The van der Waals surface area contributed by atoms with E-state index in [0.717, 1.165) is 0 Å². The minimum absolute atomic E-state index is 0.0939. The van der Waals surface area contributed by atoms with Gasteiger partial charge in [-0.3, -0.25) is 19.2 Å². The maximum absolute atomic E-state index is 13.5. The molecule has 3 unspecified atom stereocenters. The maximum Gasteiger partial charge on any atom is 0.338 e. The van der Waals surface area contributed by atoms with Crippen LogP contribution in [-0.4, -0.2) is 142 Å². The third-order valence-corrected chi connectivity index (χ3v) is 8.00. The molecule has 0 aliphatic heterocycles. The number of aliphatic hydroxyl groups excluding tert-OH is 3. The second-order valence-corrected chi connectivity index (χ2v) is 13.6. The first-order valence-corrected chi connectivity index (χ1v) is 19.2. The van der Waals surface area contributed by atoms with Gasteiger partial charge in [0, 0.05) is 17.6 Å². The van der Waals surface area contributed by atoms with Gasteiger partial charge in [-0.05, 0) is 26.0 Å². The van der Waals surface area contributed by atoms with Crippen LogP contribution in [0.25, 0.3) is 0 Å². The van der Waals surface area contributed by atoms with E-state index >= 15 is 0 Å². The largest absolute Gasteiger partial charge is 0.463 e. The van der Waals surface area contributed by atoms with E-state index in [1.165, 1.54) is 26.0 Å². The summed E-state index contributed by atoms with van der Waals surface area (Å²) in [4.78, 5) is 124. The van der Waals surface area contributed by atoms with Crippen LogP contribution in [0.2, 0.25) is 0 Å². The van der Waals surface area contributed by atoms with Crippen LogP contribution in [0.15, 0.2) is 69.0 Å². The van der Waals surface area contributed by atoms with Crippen LogP contribution < -0.4 is 17.1 Å². The number of hydrogen-bond donors (Lipinski definition) is 3. The summed E-state index contributed by atoms with van der Waals surface area (Å²) in [6.45, 7) is 3.54. The molecule has 0 saturated heterocycles. The lowest BCUT2D eigenvalue weighted by Gasteiger charge is -2.19. The second kappa shape index (κ2) is 27.4. The van der Waals surface area contributed by atoms with Crippen molar-refractivity contribution in [3.05, 3.63) is 91.7 Å². The number of nitrogens with zero attached hydrogens (tertiary/aromatic N) is 3. The topological polar surface area (TPSA) is 311 Å². The zero-order chi connectivity index (χ0) is 47.1. The average molecular weight is 894 g/mol. The molecule has 0 spiro atoms. The van der Waals surface area contributed by atoms with E-state index in [4.69, 9.17) is 33.2 Å². The molecule has 0 aliphatic rings. The molecule has 0 bridgehead atoms. The summed E-state index contributed by atoms with van der Waals surface area (Å²) in [5, 5.41) is 31.9. The number of carbonyl (C=O) groups excluding carboxylic acids is 7. The van der Waals surface area contributed by atoms with Crippen LogP contribution in [0.3, 0.4) is 0 Å². The molecule has 1 heterocycles. The summed E-state index contributed by atoms with van der Waals surface area (Å²) >= 11 is 0. The molecule has 3 N–H and O–H groups in total. The number of carbonyl (C=O) groups is 7. The van der Waals surface area contributed by atoms with Crippen molar-refractivity contribution in [1.29, 1.82) is 0 Å². The maximum atomic E-state index is 13.5. The molecular formula is C40H51N3O20. The summed E-state index contributed by atoms with van der Waals surface area (Å²) < 4.78 is 35.5. The normalized spacial score (nSPS) is 12.2. The van der Waals surface area contributed by atoms with Crippen LogP contribution in [0.4, 0.5) is 0 Å². The summed E-state index contributed by atoms with van der Waals surface area (Å²) in [6, 6.07) is 7.65. The van der Waals surface area contributed by atoms with Crippen LogP contribution in [0.1, 0.15) is 49.9 Å². The molecule has 1 aromatic heterocycles. The predicted molar refractivity (Wildman–Crippen MR) is 213 cm³/mol. The molecule has 0 amide bonds.